The maximum absolute atomic E-state index is 12.9. The number of halogens is 3. The molecule has 10 heteroatoms. The molecule has 2 aromatic carbocycles. The summed E-state index contributed by atoms with van der Waals surface area (Å²) in [5.74, 6) is -2.59. The van der Waals surface area contributed by atoms with Crippen molar-refractivity contribution < 1.29 is 32.3 Å². The predicted molar refractivity (Wildman–Crippen MR) is 118 cm³/mol. The van der Waals surface area contributed by atoms with Gasteiger partial charge in [-0.2, -0.15) is 13.2 Å². The Hall–Kier alpha value is -3.66. The summed E-state index contributed by atoms with van der Waals surface area (Å²) in [5, 5.41) is 7.88. The van der Waals surface area contributed by atoms with E-state index in [-0.39, 0.29) is 11.5 Å². The third kappa shape index (κ3) is 6.02. The zero-order valence-corrected chi connectivity index (χ0v) is 18.0. The molecule has 0 saturated carbocycles. The molecular weight excluding hydrogens is 453 g/mol. The van der Waals surface area contributed by atoms with Crippen LogP contribution in [0.4, 0.5) is 13.2 Å². The second-order valence-electron chi connectivity index (χ2n) is 7.80. The highest BCUT2D eigenvalue weighted by atomic mass is 19.4. The van der Waals surface area contributed by atoms with Gasteiger partial charge < -0.3 is 20.2 Å². The summed E-state index contributed by atoms with van der Waals surface area (Å²) in [6.45, 7) is 1.79. The molecular formula is C24H23F3N2O5. The molecule has 0 radical (unpaired) electrons. The van der Waals surface area contributed by atoms with Crippen LogP contribution in [0.3, 0.4) is 0 Å². The summed E-state index contributed by atoms with van der Waals surface area (Å²) in [5.41, 5.74) is 8.17. The number of benzene rings is 2. The second kappa shape index (κ2) is 10.5. The number of aliphatic carboxylic acids is 1. The number of piperidine rings is 1. The summed E-state index contributed by atoms with van der Waals surface area (Å²) >= 11 is 0. The van der Waals surface area contributed by atoms with Crippen molar-refractivity contribution in [3.05, 3.63) is 81.7 Å². The molecule has 1 aliphatic rings. The van der Waals surface area contributed by atoms with Gasteiger partial charge >= 0.3 is 17.8 Å². The lowest BCUT2D eigenvalue weighted by Gasteiger charge is -2.32. The Morgan fingerprint density at radius 3 is 2.32 bits per heavy atom. The largest absolute Gasteiger partial charge is 0.490 e. The van der Waals surface area contributed by atoms with Crippen LogP contribution < -0.4 is 11.4 Å². The molecule has 1 fully saturated rings. The van der Waals surface area contributed by atoms with Crippen molar-refractivity contribution in [2.45, 2.75) is 31.5 Å². The van der Waals surface area contributed by atoms with E-state index in [0.29, 0.717) is 31.1 Å². The third-order valence-corrected chi connectivity index (χ3v) is 5.55. The first-order valence-electron chi connectivity index (χ1n) is 10.5. The van der Waals surface area contributed by atoms with Crippen LogP contribution in [0.5, 0.6) is 0 Å². The Bertz CT molecular complexity index is 1230. The monoisotopic (exact) mass is 476 g/mol. The Balaban J connectivity index is 0.000000406. The first-order valence-corrected chi connectivity index (χ1v) is 10.5. The van der Waals surface area contributed by atoms with E-state index in [4.69, 9.17) is 20.1 Å². The van der Waals surface area contributed by atoms with E-state index in [2.05, 4.69) is 12.1 Å². The Morgan fingerprint density at radius 2 is 1.71 bits per heavy atom. The van der Waals surface area contributed by atoms with Gasteiger partial charge in [-0.25, -0.2) is 9.59 Å². The number of carbonyl (C=O) groups is 2. The molecule has 3 N–H and O–H groups in total. The van der Waals surface area contributed by atoms with E-state index in [1.165, 1.54) is 5.56 Å². The number of hydrogen-bond acceptors (Lipinski definition) is 5. The van der Waals surface area contributed by atoms with Crippen molar-refractivity contribution in [2.75, 3.05) is 13.1 Å². The molecule has 0 unspecified atom stereocenters. The summed E-state index contributed by atoms with van der Waals surface area (Å²) in [4.78, 5) is 35.8. The van der Waals surface area contributed by atoms with Gasteiger partial charge in [0.1, 0.15) is 11.1 Å². The number of nitrogens with two attached hydrogens (primary N) is 1. The van der Waals surface area contributed by atoms with E-state index >= 15 is 0 Å². The van der Waals surface area contributed by atoms with Crippen LogP contribution >= 0.6 is 0 Å². The van der Waals surface area contributed by atoms with Crippen molar-refractivity contribution in [1.82, 2.24) is 4.90 Å². The average Bonchev–Trinajstić information content (AvgIpc) is 2.83. The lowest BCUT2D eigenvalue weighted by Crippen LogP contribution is -2.39. The molecule has 1 amide bonds. The number of para-hydroxylation sites is 1. The number of carbonyl (C=O) groups excluding carboxylic acids is 1. The predicted octanol–water partition coefficient (Wildman–Crippen LogP) is 3.90. The molecule has 1 aliphatic heterocycles. The van der Waals surface area contributed by atoms with Gasteiger partial charge in [0.15, 0.2) is 0 Å². The second-order valence-corrected chi connectivity index (χ2v) is 7.80. The quantitative estimate of drug-likeness (QED) is 0.554. The maximum atomic E-state index is 12.9. The van der Waals surface area contributed by atoms with Crippen LogP contribution in [0.2, 0.25) is 0 Å². The molecule has 4 rings (SSSR count). The molecule has 0 spiro atoms. The van der Waals surface area contributed by atoms with Crippen LogP contribution in [0, 0.1) is 0 Å². The number of carboxylic acids is 1. The molecule has 0 bridgehead atoms. The van der Waals surface area contributed by atoms with E-state index in [9.17, 15) is 22.8 Å². The molecule has 1 aromatic heterocycles. The van der Waals surface area contributed by atoms with Gasteiger partial charge in [-0.3, -0.25) is 4.79 Å². The number of nitrogens with zero attached hydrogens (tertiary/aromatic N) is 1. The van der Waals surface area contributed by atoms with E-state index in [1.54, 1.807) is 23.1 Å². The molecule has 0 atom stereocenters. The van der Waals surface area contributed by atoms with Gasteiger partial charge in [-0.05, 0) is 42.0 Å². The molecule has 7 nitrogen and oxygen atoms in total. The molecule has 3 aromatic rings. The lowest BCUT2D eigenvalue weighted by atomic mass is 9.88. The highest BCUT2D eigenvalue weighted by molar-refractivity contribution is 5.96. The van der Waals surface area contributed by atoms with Crippen LogP contribution in [-0.2, 0) is 11.3 Å². The molecule has 34 heavy (non-hydrogen) atoms. The van der Waals surface area contributed by atoms with Gasteiger partial charge in [0.2, 0.25) is 0 Å². The number of alkyl halides is 3. The summed E-state index contributed by atoms with van der Waals surface area (Å²) in [6.07, 6.45) is -3.34. The Morgan fingerprint density at radius 1 is 1.06 bits per heavy atom. The molecule has 2 heterocycles. The number of hydrogen-bond donors (Lipinski definition) is 2. The fraction of sp³-hybridized carbons (Fsp3) is 0.292. The number of carboxylic acid groups (broad SMARTS) is 1. The Kier molecular flexibility index (Phi) is 7.72. The standard InChI is InChI=1S/C22H22N2O3.C2HF3O2/c23-14-15-4-3-6-17(12-15)16-8-10-24(11-9-16)21(25)19-13-18-5-1-2-7-20(18)27-22(19)26;3-2(4,5)1(6)7/h1-7,12-13,16H,8-11,14,23H2;(H,6,7). The fourth-order valence-electron chi connectivity index (χ4n) is 3.77. The summed E-state index contributed by atoms with van der Waals surface area (Å²) in [6, 6.07) is 17.2. The normalized spacial score (nSPS) is 14.4. The zero-order valence-electron chi connectivity index (χ0n) is 18.0. The van der Waals surface area contributed by atoms with Gasteiger partial charge in [0, 0.05) is 25.0 Å². The van der Waals surface area contributed by atoms with E-state index < -0.39 is 17.8 Å². The topological polar surface area (TPSA) is 114 Å². The SMILES string of the molecule is NCc1cccc(C2CCN(C(=O)c3cc4ccccc4oc3=O)CC2)c1.O=C(O)C(F)(F)F. The van der Waals surface area contributed by atoms with Crippen LogP contribution in [-0.4, -0.2) is 41.1 Å². The highest BCUT2D eigenvalue weighted by Gasteiger charge is 2.38. The third-order valence-electron chi connectivity index (χ3n) is 5.55. The molecule has 180 valence electrons. The van der Waals surface area contributed by atoms with E-state index in [1.807, 2.05) is 24.3 Å². The van der Waals surface area contributed by atoms with Crippen molar-refractivity contribution in [3.63, 3.8) is 0 Å². The van der Waals surface area contributed by atoms with Crippen LogP contribution in [0.25, 0.3) is 11.0 Å². The average molecular weight is 476 g/mol. The van der Waals surface area contributed by atoms with Gasteiger partial charge in [0.25, 0.3) is 5.91 Å². The van der Waals surface area contributed by atoms with Crippen LogP contribution in [0.15, 0.2) is 63.8 Å². The van der Waals surface area contributed by atoms with Crippen molar-refractivity contribution >= 4 is 22.8 Å². The van der Waals surface area contributed by atoms with Gasteiger partial charge in [-0.15, -0.1) is 0 Å². The minimum Gasteiger partial charge on any atom is -0.475 e. The summed E-state index contributed by atoms with van der Waals surface area (Å²) in [7, 11) is 0. The van der Waals surface area contributed by atoms with Crippen molar-refractivity contribution in [1.29, 1.82) is 0 Å². The maximum Gasteiger partial charge on any atom is 0.490 e. The van der Waals surface area contributed by atoms with Gasteiger partial charge in [-0.1, -0.05) is 42.5 Å². The number of amides is 1. The zero-order chi connectivity index (χ0) is 24.9. The first-order chi connectivity index (χ1) is 16.1. The van der Waals surface area contributed by atoms with Gasteiger partial charge in [0.05, 0.1) is 0 Å². The number of fused-ring (bicyclic) bond motifs is 1. The first kappa shape index (κ1) is 25.0. The smallest absolute Gasteiger partial charge is 0.475 e. The van der Waals surface area contributed by atoms with E-state index in [0.717, 1.165) is 23.8 Å². The highest BCUT2D eigenvalue weighted by Crippen LogP contribution is 2.29. The minimum absolute atomic E-state index is 0.109. The van der Waals surface area contributed by atoms with Crippen molar-refractivity contribution in [3.8, 4) is 0 Å². The number of likely N-dealkylation sites (tertiary alicyclic amines) is 1. The molecule has 1 saturated heterocycles. The van der Waals surface area contributed by atoms with Crippen LogP contribution in [0.1, 0.15) is 40.2 Å². The molecule has 0 aliphatic carbocycles. The lowest BCUT2D eigenvalue weighted by molar-refractivity contribution is -0.192. The minimum atomic E-state index is -5.08. The summed E-state index contributed by atoms with van der Waals surface area (Å²) < 4.78 is 37.0. The van der Waals surface area contributed by atoms with Crippen molar-refractivity contribution in [2.24, 2.45) is 5.73 Å². The Labute approximate surface area is 192 Å². The fourth-order valence-corrected chi connectivity index (χ4v) is 3.77. The number of rotatable bonds is 3.